The molecule has 0 spiro atoms. The summed E-state index contributed by atoms with van der Waals surface area (Å²) in [7, 11) is -3.36. The number of aromatic nitrogens is 1. The minimum Gasteiger partial charge on any atom is -0.363 e. The van der Waals surface area contributed by atoms with E-state index in [0.29, 0.717) is 12.2 Å². The van der Waals surface area contributed by atoms with Crippen LogP contribution in [0, 0.1) is 17.0 Å². The van der Waals surface area contributed by atoms with Crippen LogP contribution in [0.4, 0.5) is 11.5 Å². The van der Waals surface area contributed by atoms with E-state index in [4.69, 9.17) is 0 Å². The third-order valence-electron chi connectivity index (χ3n) is 2.24. The van der Waals surface area contributed by atoms with Crippen LogP contribution >= 0.6 is 0 Å². The lowest BCUT2D eigenvalue weighted by Crippen LogP contribution is -2.29. The first kappa shape index (κ1) is 15.3. The van der Waals surface area contributed by atoms with Gasteiger partial charge in [-0.2, -0.15) is 0 Å². The van der Waals surface area contributed by atoms with Crippen LogP contribution in [-0.2, 0) is 10.0 Å². The highest BCUT2D eigenvalue weighted by Crippen LogP contribution is 2.21. The molecule has 0 aliphatic carbocycles. The quantitative estimate of drug-likeness (QED) is 0.562. The molecule has 0 saturated heterocycles. The first-order chi connectivity index (χ1) is 8.85. The zero-order valence-electron chi connectivity index (χ0n) is 10.7. The molecule has 0 aliphatic heterocycles. The van der Waals surface area contributed by atoms with Crippen LogP contribution in [0.15, 0.2) is 12.1 Å². The smallest absolute Gasteiger partial charge is 0.311 e. The zero-order chi connectivity index (χ0) is 14.5. The molecule has 1 rings (SSSR count). The van der Waals surface area contributed by atoms with E-state index in [1.165, 1.54) is 12.1 Å². The SMILES string of the molecule is CCNS(=O)(=O)CCNc1nc(C)ccc1[N+](=O)[O-]. The molecule has 1 heterocycles. The number of sulfonamides is 1. The summed E-state index contributed by atoms with van der Waals surface area (Å²) in [5.41, 5.74) is 0.439. The molecule has 0 atom stereocenters. The van der Waals surface area contributed by atoms with E-state index in [1.54, 1.807) is 13.8 Å². The predicted molar refractivity (Wildman–Crippen MR) is 71.6 cm³/mol. The highest BCUT2D eigenvalue weighted by molar-refractivity contribution is 7.89. The number of pyridine rings is 1. The number of anilines is 1. The highest BCUT2D eigenvalue weighted by atomic mass is 32.2. The van der Waals surface area contributed by atoms with Gasteiger partial charge in [-0.05, 0) is 13.0 Å². The Morgan fingerprint density at radius 3 is 2.68 bits per heavy atom. The van der Waals surface area contributed by atoms with Crippen LogP contribution in [0.3, 0.4) is 0 Å². The Morgan fingerprint density at radius 2 is 2.11 bits per heavy atom. The Bertz CT molecular complexity index is 559. The molecular formula is C10H16N4O4S. The van der Waals surface area contributed by atoms with Crippen molar-refractivity contribution < 1.29 is 13.3 Å². The Kier molecular flexibility index (Phi) is 5.19. The Morgan fingerprint density at radius 1 is 1.42 bits per heavy atom. The average molecular weight is 288 g/mol. The summed E-state index contributed by atoms with van der Waals surface area (Å²) >= 11 is 0. The second-order valence-corrected chi connectivity index (χ2v) is 5.75. The topological polar surface area (TPSA) is 114 Å². The maximum Gasteiger partial charge on any atom is 0.311 e. The number of hydrogen-bond donors (Lipinski definition) is 2. The number of nitrogens with one attached hydrogen (secondary N) is 2. The summed E-state index contributed by atoms with van der Waals surface area (Å²) in [6.45, 7) is 3.74. The molecule has 0 amide bonds. The van der Waals surface area contributed by atoms with Gasteiger partial charge in [0.25, 0.3) is 0 Å². The Balaban J connectivity index is 2.73. The van der Waals surface area contributed by atoms with Gasteiger partial charge in [-0.25, -0.2) is 18.1 Å². The van der Waals surface area contributed by atoms with Crippen LogP contribution in [0.1, 0.15) is 12.6 Å². The molecule has 2 N–H and O–H groups in total. The van der Waals surface area contributed by atoms with E-state index in [9.17, 15) is 18.5 Å². The summed E-state index contributed by atoms with van der Waals surface area (Å²) in [4.78, 5) is 14.2. The fraction of sp³-hybridized carbons (Fsp3) is 0.500. The molecule has 0 aliphatic rings. The number of hydrogen-bond acceptors (Lipinski definition) is 6. The molecule has 9 heteroatoms. The third kappa shape index (κ3) is 4.79. The van der Waals surface area contributed by atoms with Crippen molar-refractivity contribution in [1.82, 2.24) is 9.71 Å². The second kappa shape index (κ2) is 6.43. The van der Waals surface area contributed by atoms with Crippen molar-refractivity contribution in [2.24, 2.45) is 0 Å². The van der Waals surface area contributed by atoms with Gasteiger partial charge < -0.3 is 5.32 Å². The molecule has 0 bridgehead atoms. The summed E-state index contributed by atoms with van der Waals surface area (Å²) in [6, 6.07) is 2.86. The lowest BCUT2D eigenvalue weighted by Gasteiger charge is -2.07. The normalized spacial score (nSPS) is 11.3. The van der Waals surface area contributed by atoms with Gasteiger partial charge in [0.2, 0.25) is 15.8 Å². The highest BCUT2D eigenvalue weighted by Gasteiger charge is 2.16. The Labute approximate surface area is 111 Å². The van der Waals surface area contributed by atoms with Gasteiger partial charge in [0, 0.05) is 24.8 Å². The second-order valence-electron chi connectivity index (χ2n) is 3.82. The van der Waals surface area contributed by atoms with Crippen LogP contribution in [0.25, 0.3) is 0 Å². The fourth-order valence-electron chi connectivity index (χ4n) is 1.42. The van der Waals surface area contributed by atoms with Gasteiger partial charge in [0.15, 0.2) is 0 Å². The largest absolute Gasteiger partial charge is 0.363 e. The van der Waals surface area contributed by atoms with Crippen molar-refractivity contribution in [3.05, 3.63) is 27.9 Å². The molecule has 1 aromatic rings. The van der Waals surface area contributed by atoms with E-state index in [0.717, 1.165) is 0 Å². The van der Waals surface area contributed by atoms with Gasteiger partial charge in [0.1, 0.15) is 0 Å². The van der Waals surface area contributed by atoms with E-state index in [1.807, 2.05) is 0 Å². The molecule has 106 valence electrons. The fourth-order valence-corrected chi connectivity index (χ4v) is 2.38. The maximum atomic E-state index is 11.4. The van der Waals surface area contributed by atoms with E-state index in [-0.39, 0.29) is 23.8 Å². The molecular weight excluding hydrogens is 272 g/mol. The minimum absolute atomic E-state index is 0.0482. The van der Waals surface area contributed by atoms with Crippen molar-refractivity contribution >= 4 is 21.5 Å². The van der Waals surface area contributed by atoms with Gasteiger partial charge in [-0.1, -0.05) is 6.92 Å². The first-order valence-electron chi connectivity index (χ1n) is 5.69. The van der Waals surface area contributed by atoms with Crippen molar-refractivity contribution in [2.45, 2.75) is 13.8 Å². The number of nitro groups is 1. The lowest BCUT2D eigenvalue weighted by molar-refractivity contribution is -0.384. The molecule has 0 unspecified atom stereocenters. The van der Waals surface area contributed by atoms with Gasteiger partial charge in [-0.3, -0.25) is 10.1 Å². The number of rotatable bonds is 7. The summed E-state index contributed by atoms with van der Waals surface area (Å²) in [5, 5.41) is 13.5. The van der Waals surface area contributed by atoms with E-state index >= 15 is 0 Å². The molecule has 0 fully saturated rings. The first-order valence-corrected chi connectivity index (χ1v) is 7.34. The van der Waals surface area contributed by atoms with Crippen LogP contribution in [0.2, 0.25) is 0 Å². The zero-order valence-corrected chi connectivity index (χ0v) is 11.5. The monoisotopic (exact) mass is 288 g/mol. The standard InChI is InChI=1S/C10H16N4O4S/c1-3-12-19(17,18)7-6-11-10-9(14(15)16)5-4-8(2)13-10/h4-5,12H,3,6-7H2,1-2H3,(H,11,13). The lowest BCUT2D eigenvalue weighted by atomic mass is 10.3. The predicted octanol–water partition coefficient (Wildman–Crippen LogP) is 0.649. The van der Waals surface area contributed by atoms with Gasteiger partial charge >= 0.3 is 5.69 Å². The summed E-state index contributed by atoms with van der Waals surface area (Å²) < 4.78 is 25.1. The van der Waals surface area contributed by atoms with E-state index in [2.05, 4.69) is 15.0 Å². The molecule has 0 aromatic carbocycles. The summed E-state index contributed by atoms with van der Waals surface area (Å²) in [6.07, 6.45) is 0. The van der Waals surface area contributed by atoms with Crippen LogP contribution < -0.4 is 10.0 Å². The third-order valence-corrected chi connectivity index (χ3v) is 3.71. The molecule has 1 aromatic heterocycles. The van der Waals surface area contributed by atoms with Crippen molar-refractivity contribution in [2.75, 3.05) is 24.2 Å². The number of aryl methyl sites for hydroxylation is 1. The molecule has 0 saturated carbocycles. The van der Waals surface area contributed by atoms with Crippen molar-refractivity contribution in [3.8, 4) is 0 Å². The molecule has 19 heavy (non-hydrogen) atoms. The molecule has 0 radical (unpaired) electrons. The van der Waals surface area contributed by atoms with Crippen LogP contribution in [0.5, 0.6) is 0 Å². The van der Waals surface area contributed by atoms with E-state index < -0.39 is 14.9 Å². The maximum absolute atomic E-state index is 11.4. The average Bonchev–Trinajstić information content (AvgIpc) is 2.28. The summed E-state index contributed by atoms with van der Waals surface area (Å²) in [5.74, 6) is -0.0927. The minimum atomic E-state index is -3.36. The number of nitrogens with zero attached hydrogens (tertiary/aromatic N) is 2. The van der Waals surface area contributed by atoms with Gasteiger partial charge in [-0.15, -0.1) is 0 Å². The Hall–Kier alpha value is -1.74. The van der Waals surface area contributed by atoms with Crippen molar-refractivity contribution in [3.63, 3.8) is 0 Å². The van der Waals surface area contributed by atoms with Gasteiger partial charge in [0.05, 0.1) is 10.7 Å². The van der Waals surface area contributed by atoms with Crippen molar-refractivity contribution in [1.29, 1.82) is 0 Å². The molecule has 8 nitrogen and oxygen atoms in total. The van der Waals surface area contributed by atoms with Crippen LogP contribution in [-0.4, -0.2) is 37.2 Å².